The lowest BCUT2D eigenvalue weighted by Gasteiger charge is -2.24. The first kappa shape index (κ1) is 37.8. The number of ether oxygens (including phenoxy) is 8. The number of esters is 6. The third-order valence-corrected chi connectivity index (χ3v) is 8.83. The second-order valence-corrected chi connectivity index (χ2v) is 12.9. The van der Waals surface area contributed by atoms with Crippen LogP contribution in [0, 0.1) is 0 Å². The zero-order valence-corrected chi connectivity index (χ0v) is 30.5. The quantitative estimate of drug-likeness (QED) is 0.130. The van der Waals surface area contributed by atoms with E-state index in [-0.39, 0.29) is 47.0 Å². The molecule has 0 unspecified atom stereocenters. The van der Waals surface area contributed by atoms with Crippen LogP contribution >= 0.6 is 0 Å². The van der Waals surface area contributed by atoms with Gasteiger partial charge in [0.1, 0.15) is 37.4 Å². The molecule has 0 saturated carbocycles. The van der Waals surface area contributed by atoms with Crippen molar-refractivity contribution in [3.63, 3.8) is 0 Å². The van der Waals surface area contributed by atoms with E-state index in [1.807, 2.05) is 0 Å². The molecule has 23 nitrogen and oxygen atoms in total. The van der Waals surface area contributed by atoms with Crippen molar-refractivity contribution >= 4 is 69.6 Å². The summed E-state index contributed by atoms with van der Waals surface area (Å²) in [6.45, 7) is 6.29. The van der Waals surface area contributed by atoms with Crippen molar-refractivity contribution in [2.45, 2.75) is 90.6 Å². The monoisotopic (exact) mass is 782 g/mol. The van der Waals surface area contributed by atoms with Gasteiger partial charge in [0, 0.05) is 47.7 Å². The van der Waals surface area contributed by atoms with Crippen molar-refractivity contribution in [2.75, 3.05) is 13.2 Å². The molecule has 8 atom stereocenters. The first-order valence-corrected chi connectivity index (χ1v) is 17.0. The molecule has 5 aromatic rings. The number of rotatable bonds is 10. The Labute approximate surface area is 313 Å². The van der Waals surface area contributed by atoms with Crippen LogP contribution in [-0.2, 0) is 66.7 Å². The molecule has 5 aromatic heterocycles. The summed E-state index contributed by atoms with van der Waals surface area (Å²) in [5.41, 5.74) is 0.332. The van der Waals surface area contributed by atoms with Gasteiger partial charge in [-0.25, -0.2) is 29.1 Å². The lowest BCUT2D eigenvalue weighted by molar-refractivity contribution is -0.166. The maximum atomic E-state index is 14.3. The van der Waals surface area contributed by atoms with Gasteiger partial charge in [-0.05, 0) is 6.07 Å². The molecule has 0 aliphatic carbocycles. The van der Waals surface area contributed by atoms with E-state index in [0.717, 1.165) is 18.4 Å². The molecule has 7 rings (SSSR count). The Balaban J connectivity index is 1.31. The SMILES string of the molecule is CC(=O)OC[C@H]1O[C@@H](n2ccc3nc4nc5c6ncn([C@@H]7O[C@H](COC(C)=O)[C@@H](OC(C)=O)[C@H]7OC(C)=O)c6ncn5c4n3c2=O)[C@H](OC(C)=O)[C@@H]1OC(C)=O. The van der Waals surface area contributed by atoms with Crippen molar-refractivity contribution in [3.8, 4) is 0 Å². The first-order chi connectivity index (χ1) is 26.6. The second kappa shape index (κ2) is 14.6. The van der Waals surface area contributed by atoms with Gasteiger partial charge in [0.25, 0.3) is 0 Å². The van der Waals surface area contributed by atoms with E-state index in [2.05, 4.69) is 19.9 Å². The van der Waals surface area contributed by atoms with Crippen LogP contribution in [0.3, 0.4) is 0 Å². The van der Waals surface area contributed by atoms with E-state index < -0.39 is 90.6 Å². The summed E-state index contributed by atoms with van der Waals surface area (Å²) in [5, 5.41) is 0. The van der Waals surface area contributed by atoms with Gasteiger partial charge in [-0.1, -0.05) is 0 Å². The van der Waals surface area contributed by atoms with Crippen LogP contribution in [0.5, 0.6) is 0 Å². The second-order valence-electron chi connectivity index (χ2n) is 12.9. The number of fused-ring (bicyclic) bond motifs is 7. The predicted molar refractivity (Wildman–Crippen MR) is 180 cm³/mol. The molecule has 7 heterocycles. The van der Waals surface area contributed by atoms with Crippen LogP contribution in [0.4, 0.5) is 0 Å². The standard InChI is InChI=1S/C33H34N8O15/c1-13(42)49-9-19-23(51-15(3)44)25(53-17(5)46)31(55-19)38-8-7-21-36-27-30(41(21)33(38)48)39-12-35-28-22(29(39)37-27)34-11-40(28)32-26(54-18(6)47)24(52-16(4)45)20(56-32)10-50-14(2)43/h7-8,11-12,19-20,23-26,31-32H,9-10H2,1-6H3/t19-,20-,23-,24-,25-,26-,31-,32-/m1/s1. The summed E-state index contributed by atoms with van der Waals surface area (Å²) in [5.74, 6) is -4.14. The van der Waals surface area contributed by atoms with Crippen LogP contribution in [0.2, 0.25) is 0 Å². The maximum Gasteiger partial charge on any atom is 0.337 e. The predicted octanol–water partition coefficient (Wildman–Crippen LogP) is -0.311. The van der Waals surface area contributed by atoms with E-state index in [1.54, 1.807) is 0 Å². The molecule has 0 amide bonds. The number of hydrogen-bond acceptors (Lipinski definition) is 19. The third-order valence-electron chi connectivity index (χ3n) is 8.83. The molecule has 2 aliphatic heterocycles. The molecule has 56 heavy (non-hydrogen) atoms. The van der Waals surface area contributed by atoms with Crippen LogP contribution < -0.4 is 5.69 Å². The summed E-state index contributed by atoms with van der Waals surface area (Å²) >= 11 is 0. The first-order valence-electron chi connectivity index (χ1n) is 17.0. The van der Waals surface area contributed by atoms with Crippen molar-refractivity contribution in [2.24, 2.45) is 0 Å². The van der Waals surface area contributed by atoms with E-state index in [1.165, 1.54) is 66.0 Å². The summed E-state index contributed by atoms with van der Waals surface area (Å²) in [4.78, 5) is 104. The van der Waals surface area contributed by atoms with E-state index >= 15 is 0 Å². The summed E-state index contributed by atoms with van der Waals surface area (Å²) in [7, 11) is 0. The highest BCUT2D eigenvalue weighted by Crippen LogP contribution is 2.37. The number of nitrogens with zero attached hydrogens (tertiary/aromatic N) is 8. The number of aromatic nitrogens is 8. The average molecular weight is 783 g/mol. The van der Waals surface area contributed by atoms with Gasteiger partial charge >= 0.3 is 41.5 Å². The zero-order valence-electron chi connectivity index (χ0n) is 30.5. The number of imidazole rings is 3. The molecule has 0 bridgehead atoms. The summed E-state index contributed by atoms with van der Waals surface area (Å²) in [6.07, 6.45) is -5.57. The molecular weight excluding hydrogens is 748 g/mol. The zero-order chi connectivity index (χ0) is 40.2. The van der Waals surface area contributed by atoms with Crippen molar-refractivity contribution in [1.82, 2.24) is 37.9 Å². The molecule has 23 heteroatoms. The van der Waals surface area contributed by atoms with E-state index in [0.29, 0.717) is 0 Å². The van der Waals surface area contributed by atoms with Gasteiger partial charge in [-0.3, -0.25) is 42.3 Å². The smallest absolute Gasteiger partial charge is 0.337 e. The van der Waals surface area contributed by atoms with Gasteiger partial charge in [-0.15, -0.1) is 0 Å². The topological polar surface area (TPSA) is 264 Å². The van der Waals surface area contributed by atoms with Gasteiger partial charge in [0.05, 0.1) is 6.33 Å². The minimum atomic E-state index is -1.35. The Hall–Kier alpha value is -6.49. The highest BCUT2D eigenvalue weighted by molar-refractivity contribution is 5.91. The third kappa shape index (κ3) is 6.85. The van der Waals surface area contributed by atoms with Crippen LogP contribution in [0.25, 0.3) is 33.8 Å². The molecular formula is C33H34N8O15. The molecule has 0 N–H and O–H groups in total. The fourth-order valence-electron chi connectivity index (χ4n) is 6.83. The minimum Gasteiger partial charge on any atom is -0.463 e. The number of carbonyl (C=O) groups excluding carboxylic acids is 6. The Kier molecular flexibility index (Phi) is 9.88. The highest BCUT2D eigenvalue weighted by Gasteiger charge is 2.52. The minimum absolute atomic E-state index is 0.115. The molecule has 296 valence electrons. The normalized spacial score (nSPS) is 24.8. The number of hydrogen-bond donors (Lipinski definition) is 0. The molecule has 0 aromatic carbocycles. The van der Waals surface area contributed by atoms with Crippen molar-refractivity contribution in [3.05, 3.63) is 35.4 Å². The Morgan fingerprint density at radius 1 is 0.643 bits per heavy atom. The van der Waals surface area contributed by atoms with Gasteiger partial charge in [0.2, 0.25) is 0 Å². The molecule has 0 radical (unpaired) electrons. The van der Waals surface area contributed by atoms with Gasteiger partial charge in [-0.2, -0.15) is 0 Å². The van der Waals surface area contributed by atoms with Gasteiger partial charge in [0.15, 0.2) is 65.0 Å². The van der Waals surface area contributed by atoms with E-state index in [4.69, 9.17) is 37.9 Å². The fraction of sp³-hybridized carbons (Fsp3) is 0.485. The molecule has 0 spiro atoms. The van der Waals surface area contributed by atoms with Crippen LogP contribution in [-0.4, -0.2) is 124 Å². The number of carbonyl (C=O) groups is 6. The molecule has 2 aliphatic rings. The van der Waals surface area contributed by atoms with Crippen LogP contribution in [0.15, 0.2) is 29.7 Å². The largest absolute Gasteiger partial charge is 0.463 e. The molecule has 2 fully saturated rings. The van der Waals surface area contributed by atoms with Crippen molar-refractivity contribution in [1.29, 1.82) is 0 Å². The Morgan fingerprint density at radius 2 is 1.16 bits per heavy atom. The van der Waals surface area contributed by atoms with Gasteiger partial charge < -0.3 is 37.9 Å². The lowest BCUT2D eigenvalue weighted by atomic mass is 10.1. The summed E-state index contributed by atoms with van der Waals surface area (Å²) in [6, 6.07) is 1.49. The maximum absolute atomic E-state index is 14.3. The highest BCUT2D eigenvalue weighted by atomic mass is 16.7. The Bertz CT molecular complexity index is 2490. The summed E-state index contributed by atoms with van der Waals surface area (Å²) < 4.78 is 49.6. The fourth-order valence-corrected chi connectivity index (χ4v) is 6.83. The lowest BCUT2D eigenvalue weighted by Crippen LogP contribution is -2.42. The molecule has 2 saturated heterocycles. The Morgan fingerprint density at radius 3 is 1.68 bits per heavy atom. The van der Waals surface area contributed by atoms with Crippen LogP contribution in [0.1, 0.15) is 54.0 Å². The van der Waals surface area contributed by atoms with E-state index in [9.17, 15) is 33.6 Å². The van der Waals surface area contributed by atoms with Crippen molar-refractivity contribution < 1.29 is 66.7 Å². The average Bonchev–Trinajstić information content (AvgIpc) is 3.91.